The molecule has 12 heavy (non-hydrogen) atoms. The second-order valence-electron chi connectivity index (χ2n) is 2.73. The summed E-state index contributed by atoms with van der Waals surface area (Å²) in [7, 11) is 0. The summed E-state index contributed by atoms with van der Waals surface area (Å²) in [5, 5.41) is 0. The third-order valence-corrected chi connectivity index (χ3v) is 1.88. The van der Waals surface area contributed by atoms with Gasteiger partial charge in [0.25, 0.3) is 0 Å². The quantitative estimate of drug-likeness (QED) is 0.592. The molecule has 0 bridgehead atoms. The Morgan fingerprint density at radius 3 is 1.08 bits per heavy atom. The molecule has 0 N–H and O–H groups in total. The predicted molar refractivity (Wildman–Crippen MR) is 51.9 cm³/mol. The molecule has 0 radical (unpaired) electrons. The van der Waals surface area contributed by atoms with Gasteiger partial charge in [0, 0.05) is 0 Å². The lowest BCUT2D eigenvalue weighted by Crippen LogP contribution is -1.73. The fraction of sp³-hybridized carbons (Fsp3) is 0. The molecule has 0 aromatic heterocycles. The summed E-state index contributed by atoms with van der Waals surface area (Å²) in [5.41, 5.74) is 2.55. The summed E-state index contributed by atoms with van der Waals surface area (Å²) in [6, 6.07) is 20.8. The van der Waals surface area contributed by atoms with Gasteiger partial charge < -0.3 is 0 Å². The molecule has 0 amide bonds. The maximum Gasteiger partial charge on any atom is -0.0184 e. The zero-order valence-electron chi connectivity index (χ0n) is 6.77. The number of hydrogen-bond acceptors (Lipinski definition) is 0. The third kappa shape index (κ3) is 1.37. The lowest BCUT2D eigenvalue weighted by atomic mass is 10.1. The van der Waals surface area contributed by atoms with E-state index in [9.17, 15) is 0 Å². The Kier molecular flexibility index (Phi) is 1.91. The van der Waals surface area contributed by atoms with Crippen LogP contribution in [0.1, 0.15) is 0 Å². The molecular formula is C12H10. The molecule has 0 nitrogen and oxygen atoms in total. The first-order valence-corrected chi connectivity index (χ1v) is 4.07. The molecule has 0 heteroatoms. The summed E-state index contributed by atoms with van der Waals surface area (Å²) >= 11 is 0. The van der Waals surface area contributed by atoms with Crippen molar-refractivity contribution in [3.63, 3.8) is 0 Å². The van der Waals surface area contributed by atoms with Crippen LogP contribution in [0.4, 0.5) is 0 Å². The van der Waals surface area contributed by atoms with Crippen LogP contribution in [0.5, 0.6) is 0 Å². The molecule has 0 heterocycles. The highest BCUT2D eigenvalue weighted by Crippen LogP contribution is 2.17. The van der Waals surface area contributed by atoms with Gasteiger partial charge in [0.1, 0.15) is 0 Å². The minimum Gasteiger partial charge on any atom is -0.0622 e. The van der Waals surface area contributed by atoms with Crippen molar-refractivity contribution < 1.29 is 0 Å². The Balaban J connectivity index is 2.46. The summed E-state index contributed by atoms with van der Waals surface area (Å²) < 4.78 is 0. The molecule has 2 aromatic carbocycles. The van der Waals surface area contributed by atoms with E-state index in [4.69, 9.17) is 0 Å². The van der Waals surface area contributed by atoms with Crippen molar-refractivity contribution in [3.05, 3.63) is 60.7 Å². The van der Waals surface area contributed by atoms with Crippen molar-refractivity contribution in [3.8, 4) is 11.1 Å². The lowest BCUT2D eigenvalue weighted by molar-refractivity contribution is 1.62. The zero-order chi connectivity index (χ0) is 8.23. The van der Waals surface area contributed by atoms with E-state index in [0.717, 1.165) is 0 Å². The van der Waals surface area contributed by atoms with Gasteiger partial charge in [-0.15, -0.1) is 0 Å². The molecule has 58 valence electrons. The summed E-state index contributed by atoms with van der Waals surface area (Å²) in [5.74, 6) is 0. The SMILES string of the molecule is c1ccc(-c2cccc[13cH]2)cc1. The van der Waals surface area contributed by atoms with E-state index in [1.807, 2.05) is 12.1 Å². The molecule has 0 atom stereocenters. The molecule has 0 spiro atoms. The fourth-order valence-electron chi connectivity index (χ4n) is 1.26. The average Bonchev–Trinajstić information content (AvgIpc) is 2.21. The molecular weight excluding hydrogens is 145 g/mol. The topological polar surface area (TPSA) is 0 Å². The van der Waals surface area contributed by atoms with Crippen molar-refractivity contribution in [2.45, 2.75) is 0 Å². The van der Waals surface area contributed by atoms with Gasteiger partial charge in [-0.25, -0.2) is 0 Å². The van der Waals surface area contributed by atoms with Crippen LogP contribution in [0.15, 0.2) is 60.7 Å². The van der Waals surface area contributed by atoms with Crippen molar-refractivity contribution >= 4 is 0 Å². The molecule has 0 saturated carbocycles. The first-order chi connectivity index (χ1) is 5.97. The van der Waals surface area contributed by atoms with Crippen LogP contribution in [-0.2, 0) is 0 Å². The highest BCUT2D eigenvalue weighted by atomic mass is 14.1. The van der Waals surface area contributed by atoms with Crippen LogP contribution in [0.3, 0.4) is 0 Å². The Hall–Kier alpha value is -1.56. The first kappa shape index (κ1) is 7.11. The van der Waals surface area contributed by atoms with E-state index in [-0.39, 0.29) is 0 Å². The van der Waals surface area contributed by atoms with Crippen LogP contribution < -0.4 is 0 Å². The minimum absolute atomic E-state index is 1.28. The van der Waals surface area contributed by atoms with Crippen molar-refractivity contribution in [1.82, 2.24) is 0 Å². The zero-order valence-corrected chi connectivity index (χ0v) is 6.77. The highest BCUT2D eigenvalue weighted by Gasteiger charge is 1.91. The van der Waals surface area contributed by atoms with E-state index in [1.54, 1.807) is 0 Å². The summed E-state index contributed by atoms with van der Waals surface area (Å²) in [6.45, 7) is 0. The van der Waals surface area contributed by atoms with Gasteiger partial charge >= 0.3 is 0 Å². The molecule has 2 aromatic rings. The lowest BCUT2D eigenvalue weighted by Gasteiger charge is -1.98. The molecule has 0 aliphatic rings. The minimum atomic E-state index is 1.28. The van der Waals surface area contributed by atoms with Gasteiger partial charge in [-0.05, 0) is 11.1 Å². The van der Waals surface area contributed by atoms with Gasteiger partial charge in [-0.1, -0.05) is 60.7 Å². The Morgan fingerprint density at radius 2 is 0.750 bits per heavy atom. The number of rotatable bonds is 1. The van der Waals surface area contributed by atoms with E-state index in [0.29, 0.717) is 0 Å². The van der Waals surface area contributed by atoms with Crippen molar-refractivity contribution in [2.75, 3.05) is 0 Å². The van der Waals surface area contributed by atoms with E-state index in [1.165, 1.54) is 11.1 Å². The third-order valence-electron chi connectivity index (χ3n) is 1.88. The molecule has 0 aliphatic carbocycles. The summed E-state index contributed by atoms with van der Waals surface area (Å²) in [4.78, 5) is 0. The first-order valence-electron chi connectivity index (χ1n) is 4.07. The van der Waals surface area contributed by atoms with Crippen LogP contribution >= 0.6 is 0 Å². The van der Waals surface area contributed by atoms with Crippen molar-refractivity contribution in [1.29, 1.82) is 0 Å². The van der Waals surface area contributed by atoms with Gasteiger partial charge in [0.2, 0.25) is 0 Å². The predicted octanol–water partition coefficient (Wildman–Crippen LogP) is 3.35. The fourth-order valence-corrected chi connectivity index (χ4v) is 1.26. The largest absolute Gasteiger partial charge is 0.0622 e. The average molecular weight is 155 g/mol. The second-order valence-corrected chi connectivity index (χ2v) is 2.73. The van der Waals surface area contributed by atoms with E-state index in [2.05, 4.69) is 48.5 Å². The molecule has 0 aliphatic heterocycles. The molecule has 2 rings (SSSR count). The monoisotopic (exact) mass is 155 g/mol. The smallest absolute Gasteiger partial charge is 0.0184 e. The van der Waals surface area contributed by atoms with Gasteiger partial charge in [-0.2, -0.15) is 0 Å². The molecule has 0 saturated heterocycles. The van der Waals surface area contributed by atoms with E-state index < -0.39 is 0 Å². The Morgan fingerprint density at radius 1 is 0.417 bits per heavy atom. The van der Waals surface area contributed by atoms with Gasteiger partial charge in [0.15, 0.2) is 0 Å². The highest BCUT2D eigenvalue weighted by molar-refractivity contribution is 5.62. The van der Waals surface area contributed by atoms with Crippen LogP contribution in [0.2, 0.25) is 0 Å². The van der Waals surface area contributed by atoms with Gasteiger partial charge in [0.05, 0.1) is 0 Å². The molecule has 0 unspecified atom stereocenters. The van der Waals surface area contributed by atoms with Crippen molar-refractivity contribution in [2.24, 2.45) is 0 Å². The van der Waals surface area contributed by atoms with E-state index >= 15 is 0 Å². The van der Waals surface area contributed by atoms with Crippen LogP contribution in [0.25, 0.3) is 11.1 Å². The second kappa shape index (κ2) is 3.22. The maximum atomic E-state index is 2.12. The maximum absolute atomic E-state index is 2.12. The number of benzene rings is 2. The summed E-state index contributed by atoms with van der Waals surface area (Å²) in [6.07, 6.45) is 0. The van der Waals surface area contributed by atoms with Gasteiger partial charge in [-0.3, -0.25) is 0 Å². The Bertz CT molecular complexity index is 297. The molecule has 0 fully saturated rings. The standard InChI is InChI=1S/C12H10/c1-3-7-11(8-4-1)12-9-5-2-6-10-12/h1-10H/i7+1. The van der Waals surface area contributed by atoms with Crippen LogP contribution in [0, 0.1) is 0 Å². The van der Waals surface area contributed by atoms with Crippen LogP contribution in [-0.4, -0.2) is 0 Å². The Labute approximate surface area is 72.5 Å². The number of hydrogen-bond donors (Lipinski definition) is 0. The normalized spacial score (nSPS) is 9.67.